The molecule has 0 aliphatic rings. The maximum Gasteiger partial charge on any atom is 0.202 e. The third-order valence-electron chi connectivity index (χ3n) is 2.57. The zero-order valence-corrected chi connectivity index (χ0v) is 11.0. The Kier molecular flexibility index (Phi) is 10.5. The molecule has 2 nitrogen and oxygen atoms in total. The zero-order valence-electron chi connectivity index (χ0n) is 10.1. The van der Waals surface area contributed by atoms with Crippen molar-refractivity contribution in [3.63, 3.8) is 0 Å². The van der Waals surface area contributed by atoms with Crippen LogP contribution in [0.5, 0.6) is 0 Å². The summed E-state index contributed by atoms with van der Waals surface area (Å²) >= 11 is 3.92. The van der Waals surface area contributed by atoms with Crippen molar-refractivity contribution in [3.05, 3.63) is 0 Å². The first-order valence-corrected chi connectivity index (χ1v) is 6.63. The lowest BCUT2D eigenvalue weighted by atomic mass is 10.1. The normalized spacial score (nSPS) is 12.7. The number of hydrogen-bond donors (Lipinski definition) is 2. The van der Waals surface area contributed by atoms with Crippen LogP contribution in [-0.4, -0.2) is 17.7 Å². The van der Waals surface area contributed by atoms with Gasteiger partial charge in [0.25, 0.3) is 0 Å². The predicted molar refractivity (Wildman–Crippen MR) is 69.5 cm³/mol. The Labute approximate surface area is 99.6 Å². The first-order valence-electron chi connectivity index (χ1n) is 6.18. The van der Waals surface area contributed by atoms with Crippen molar-refractivity contribution >= 4 is 17.7 Å². The molecular formula is C12H25NOS. The van der Waals surface area contributed by atoms with Crippen LogP contribution in [0.1, 0.15) is 58.8 Å². The van der Waals surface area contributed by atoms with E-state index in [1.165, 1.54) is 25.7 Å². The largest absolute Gasteiger partial charge is 0.307 e. The molecule has 0 saturated carbocycles. The van der Waals surface area contributed by atoms with E-state index in [4.69, 9.17) is 0 Å². The van der Waals surface area contributed by atoms with Crippen LogP contribution in [0.4, 0.5) is 0 Å². The van der Waals surface area contributed by atoms with E-state index in [-0.39, 0.29) is 11.2 Å². The SMILES string of the molecule is CCCCCNC(CCCCC)C(=O)S. The van der Waals surface area contributed by atoms with Gasteiger partial charge in [0.05, 0.1) is 6.04 Å². The Balaban J connectivity index is 3.59. The van der Waals surface area contributed by atoms with Gasteiger partial charge >= 0.3 is 0 Å². The fourth-order valence-electron chi connectivity index (χ4n) is 1.56. The molecule has 0 fully saturated rings. The highest BCUT2D eigenvalue weighted by Crippen LogP contribution is 2.06. The summed E-state index contributed by atoms with van der Waals surface area (Å²) in [7, 11) is 0. The summed E-state index contributed by atoms with van der Waals surface area (Å²) in [5.41, 5.74) is 0. The molecule has 90 valence electrons. The Bertz CT molecular complexity index is 162. The number of rotatable bonds is 10. The fraction of sp³-hybridized carbons (Fsp3) is 0.917. The van der Waals surface area contributed by atoms with Crippen molar-refractivity contribution in [1.29, 1.82) is 0 Å². The predicted octanol–water partition coefficient (Wildman–Crippen LogP) is 3.17. The van der Waals surface area contributed by atoms with Crippen molar-refractivity contribution < 1.29 is 4.79 Å². The number of carbonyl (C=O) groups excluding carboxylic acids is 1. The molecule has 1 atom stereocenters. The third kappa shape index (κ3) is 8.94. The van der Waals surface area contributed by atoms with Gasteiger partial charge in [-0.25, -0.2) is 0 Å². The summed E-state index contributed by atoms with van der Waals surface area (Å²) in [6, 6.07) is -0.0308. The molecule has 0 saturated heterocycles. The van der Waals surface area contributed by atoms with E-state index in [0.29, 0.717) is 0 Å². The van der Waals surface area contributed by atoms with Gasteiger partial charge in [0.1, 0.15) is 0 Å². The second kappa shape index (κ2) is 10.5. The number of nitrogens with one attached hydrogen (secondary N) is 1. The zero-order chi connectivity index (χ0) is 11.5. The summed E-state index contributed by atoms with van der Waals surface area (Å²) in [5.74, 6) is 0. The molecular weight excluding hydrogens is 206 g/mol. The van der Waals surface area contributed by atoms with Crippen molar-refractivity contribution in [2.75, 3.05) is 6.54 Å². The number of carbonyl (C=O) groups is 1. The maximum atomic E-state index is 11.2. The summed E-state index contributed by atoms with van der Waals surface area (Å²) in [5, 5.41) is 3.28. The van der Waals surface area contributed by atoms with Crippen molar-refractivity contribution in [2.24, 2.45) is 0 Å². The molecule has 0 aromatic carbocycles. The summed E-state index contributed by atoms with van der Waals surface area (Å²) in [6.07, 6.45) is 8.06. The van der Waals surface area contributed by atoms with Crippen LogP contribution in [0.15, 0.2) is 0 Å². The first kappa shape index (κ1) is 15.0. The average Bonchev–Trinajstić information content (AvgIpc) is 2.21. The molecule has 0 spiro atoms. The minimum atomic E-state index is -0.0308. The van der Waals surface area contributed by atoms with Gasteiger partial charge < -0.3 is 5.32 Å². The monoisotopic (exact) mass is 231 g/mol. The molecule has 0 aromatic rings. The standard InChI is InChI=1S/C12H25NOS/c1-3-5-7-9-11(12(14)15)13-10-8-6-4-2/h11,13H,3-10H2,1-2H3,(H,14,15). The lowest BCUT2D eigenvalue weighted by molar-refractivity contribution is -0.112. The summed E-state index contributed by atoms with van der Waals surface area (Å²) < 4.78 is 0. The van der Waals surface area contributed by atoms with Crippen molar-refractivity contribution in [1.82, 2.24) is 5.32 Å². The second-order valence-corrected chi connectivity index (χ2v) is 4.49. The number of hydrogen-bond acceptors (Lipinski definition) is 2. The van der Waals surface area contributed by atoms with E-state index in [1.54, 1.807) is 0 Å². The molecule has 0 rings (SSSR count). The van der Waals surface area contributed by atoms with Gasteiger partial charge in [-0.15, -0.1) is 12.6 Å². The van der Waals surface area contributed by atoms with Crippen LogP contribution in [-0.2, 0) is 4.79 Å². The van der Waals surface area contributed by atoms with Gasteiger partial charge in [0.15, 0.2) is 0 Å². The molecule has 0 aliphatic carbocycles. The van der Waals surface area contributed by atoms with Gasteiger partial charge in [-0.3, -0.25) is 4.79 Å². The Hall–Kier alpha value is -0.0200. The van der Waals surface area contributed by atoms with E-state index in [1.807, 2.05) is 0 Å². The molecule has 3 heteroatoms. The Morgan fingerprint density at radius 1 is 1.13 bits per heavy atom. The number of thiol groups is 1. The maximum absolute atomic E-state index is 11.2. The highest BCUT2D eigenvalue weighted by Gasteiger charge is 2.12. The number of unbranched alkanes of at least 4 members (excludes halogenated alkanes) is 4. The highest BCUT2D eigenvalue weighted by molar-refractivity contribution is 7.96. The molecule has 0 aliphatic heterocycles. The molecule has 1 N–H and O–H groups in total. The van der Waals surface area contributed by atoms with Crippen LogP contribution in [0.3, 0.4) is 0 Å². The van der Waals surface area contributed by atoms with Gasteiger partial charge in [0, 0.05) is 0 Å². The summed E-state index contributed by atoms with van der Waals surface area (Å²) in [4.78, 5) is 11.2. The van der Waals surface area contributed by atoms with E-state index < -0.39 is 0 Å². The minimum absolute atomic E-state index is 0.0115. The molecule has 0 bridgehead atoms. The van der Waals surface area contributed by atoms with E-state index in [0.717, 1.165) is 25.8 Å². The molecule has 0 radical (unpaired) electrons. The Morgan fingerprint density at radius 2 is 1.73 bits per heavy atom. The van der Waals surface area contributed by atoms with Crippen LogP contribution in [0.2, 0.25) is 0 Å². The van der Waals surface area contributed by atoms with Crippen molar-refractivity contribution in [3.8, 4) is 0 Å². The minimum Gasteiger partial charge on any atom is -0.307 e. The molecule has 0 aromatic heterocycles. The molecule has 1 unspecified atom stereocenters. The second-order valence-electron chi connectivity index (χ2n) is 4.05. The molecule has 15 heavy (non-hydrogen) atoms. The van der Waals surface area contributed by atoms with Crippen molar-refractivity contribution in [2.45, 2.75) is 64.8 Å². The van der Waals surface area contributed by atoms with E-state index in [9.17, 15) is 4.79 Å². The topological polar surface area (TPSA) is 29.1 Å². The van der Waals surface area contributed by atoms with Crippen LogP contribution >= 0.6 is 12.6 Å². The Morgan fingerprint density at radius 3 is 2.27 bits per heavy atom. The van der Waals surface area contributed by atoms with Gasteiger partial charge in [-0.2, -0.15) is 0 Å². The highest BCUT2D eigenvalue weighted by atomic mass is 32.1. The van der Waals surface area contributed by atoms with E-state index >= 15 is 0 Å². The lowest BCUT2D eigenvalue weighted by Gasteiger charge is -2.14. The van der Waals surface area contributed by atoms with Crippen LogP contribution in [0.25, 0.3) is 0 Å². The lowest BCUT2D eigenvalue weighted by Crippen LogP contribution is -2.34. The summed E-state index contributed by atoms with van der Waals surface area (Å²) in [6.45, 7) is 5.30. The van der Waals surface area contributed by atoms with Gasteiger partial charge in [-0.1, -0.05) is 46.0 Å². The quantitative estimate of drug-likeness (QED) is 0.447. The van der Waals surface area contributed by atoms with E-state index in [2.05, 4.69) is 31.8 Å². The van der Waals surface area contributed by atoms with Gasteiger partial charge in [0.2, 0.25) is 5.12 Å². The van der Waals surface area contributed by atoms with Crippen LogP contribution in [0, 0.1) is 0 Å². The average molecular weight is 231 g/mol. The molecule has 0 heterocycles. The fourth-order valence-corrected chi connectivity index (χ4v) is 1.78. The van der Waals surface area contributed by atoms with Crippen LogP contribution < -0.4 is 5.32 Å². The van der Waals surface area contributed by atoms with Gasteiger partial charge in [-0.05, 0) is 19.4 Å². The third-order valence-corrected chi connectivity index (χ3v) is 2.88. The first-order chi connectivity index (χ1) is 7.22. The molecule has 0 amide bonds. The smallest absolute Gasteiger partial charge is 0.202 e.